The summed E-state index contributed by atoms with van der Waals surface area (Å²) in [6.07, 6.45) is 7.40. The highest BCUT2D eigenvalue weighted by Gasteiger charge is 2.41. The number of carboxylic acids is 1. The summed E-state index contributed by atoms with van der Waals surface area (Å²) in [5, 5.41) is 10.4. The third-order valence-corrected chi connectivity index (χ3v) is 5.86. The number of hydrogen-bond acceptors (Lipinski definition) is 1. The van der Waals surface area contributed by atoms with E-state index in [1.807, 2.05) is 6.07 Å². The summed E-state index contributed by atoms with van der Waals surface area (Å²) in [4.78, 5) is 14.8. The van der Waals surface area contributed by atoms with E-state index in [1.54, 1.807) is 6.07 Å². The van der Waals surface area contributed by atoms with Gasteiger partial charge in [0, 0.05) is 15.6 Å². The first-order chi connectivity index (χ1) is 9.60. The number of rotatable bonds is 1. The summed E-state index contributed by atoms with van der Waals surface area (Å²) in [6, 6.07) is 3.54. The number of fused-ring (bicyclic) bond motifs is 3. The van der Waals surface area contributed by atoms with Crippen molar-refractivity contribution < 1.29 is 9.90 Å². The molecule has 0 bridgehead atoms. The Hall–Kier alpha value is -1.29. The molecule has 1 heterocycles. The molecule has 1 aromatic heterocycles. The van der Waals surface area contributed by atoms with Gasteiger partial charge < -0.3 is 10.1 Å². The van der Waals surface area contributed by atoms with Gasteiger partial charge in [0.2, 0.25) is 0 Å². The number of hydrogen-bond donors (Lipinski definition) is 2. The number of benzene rings is 1. The molecule has 4 heteroatoms. The van der Waals surface area contributed by atoms with Gasteiger partial charge in [-0.1, -0.05) is 22.4 Å². The predicted octanol–water partition coefficient (Wildman–Crippen LogP) is 4.29. The number of nitrogens with one attached hydrogen (secondary N) is 1. The van der Waals surface area contributed by atoms with Crippen LogP contribution < -0.4 is 0 Å². The van der Waals surface area contributed by atoms with Crippen molar-refractivity contribution in [2.45, 2.75) is 38.5 Å². The number of aryl methyl sites for hydroxylation is 1. The molecule has 104 valence electrons. The van der Waals surface area contributed by atoms with Crippen LogP contribution in [0.4, 0.5) is 0 Å². The van der Waals surface area contributed by atoms with E-state index >= 15 is 0 Å². The molecule has 3 nitrogen and oxygen atoms in total. The fourth-order valence-electron chi connectivity index (χ4n) is 3.92. The van der Waals surface area contributed by atoms with Crippen molar-refractivity contribution in [1.82, 2.24) is 4.98 Å². The Labute approximate surface area is 125 Å². The van der Waals surface area contributed by atoms with Gasteiger partial charge in [0.15, 0.2) is 0 Å². The largest absolute Gasteiger partial charge is 0.478 e. The van der Waals surface area contributed by atoms with Gasteiger partial charge in [-0.05, 0) is 55.2 Å². The normalized spacial score (nSPS) is 19.9. The molecule has 0 aliphatic heterocycles. The molecule has 1 fully saturated rings. The van der Waals surface area contributed by atoms with Gasteiger partial charge in [-0.15, -0.1) is 0 Å². The monoisotopic (exact) mass is 333 g/mol. The number of H-pyrrole nitrogens is 1. The molecule has 0 saturated heterocycles. The van der Waals surface area contributed by atoms with Crippen molar-refractivity contribution in [2.24, 2.45) is 5.41 Å². The highest BCUT2D eigenvalue weighted by atomic mass is 79.9. The fraction of sp³-hybridized carbons (Fsp3) is 0.438. The van der Waals surface area contributed by atoms with Gasteiger partial charge in [0.25, 0.3) is 0 Å². The van der Waals surface area contributed by atoms with Gasteiger partial charge in [-0.25, -0.2) is 4.79 Å². The van der Waals surface area contributed by atoms with Crippen LogP contribution in [0.15, 0.2) is 16.6 Å². The van der Waals surface area contributed by atoms with Crippen LogP contribution in [-0.2, 0) is 12.8 Å². The summed E-state index contributed by atoms with van der Waals surface area (Å²) in [7, 11) is 0. The number of carbonyl (C=O) groups is 1. The second-order valence-electron chi connectivity index (χ2n) is 6.26. The second-order valence-corrected chi connectivity index (χ2v) is 7.12. The van der Waals surface area contributed by atoms with Crippen LogP contribution in [-0.4, -0.2) is 16.1 Å². The van der Waals surface area contributed by atoms with Gasteiger partial charge in [0.1, 0.15) is 0 Å². The van der Waals surface area contributed by atoms with Crippen LogP contribution in [0, 0.1) is 5.41 Å². The molecule has 1 saturated carbocycles. The molecule has 0 atom stereocenters. The van der Waals surface area contributed by atoms with Crippen LogP contribution >= 0.6 is 15.9 Å². The van der Waals surface area contributed by atoms with E-state index in [9.17, 15) is 9.90 Å². The molecular weight excluding hydrogens is 318 g/mol. The van der Waals surface area contributed by atoms with E-state index in [0.29, 0.717) is 11.0 Å². The molecule has 0 unspecified atom stereocenters. The molecule has 2 aliphatic carbocycles. The lowest BCUT2D eigenvalue weighted by atomic mass is 9.60. The van der Waals surface area contributed by atoms with Gasteiger partial charge in [0.05, 0.1) is 11.1 Å². The van der Waals surface area contributed by atoms with Crippen molar-refractivity contribution in [3.8, 4) is 0 Å². The first kappa shape index (κ1) is 12.5. The van der Waals surface area contributed by atoms with Gasteiger partial charge in [-0.2, -0.15) is 0 Å². The SMILES string of the molecule is O=C(O)c1ccc(Br)c2c3c([nH]c12)CCC1(CCC1)C3. The molecule has 1 aromatic carbocycles. The summed E-state index contributed by atoms with van der Waals surface area (Å²) in [5.41, 5.74) is 4.25. The fourth-order valence-corrected chi connectivity index (χ4v) is 4.49. The van der Waals surface area contributed by atoms with Crippen molar-refractivity contribution in [2.75, 3.05) is 0 Å². The number of aromatic carboxylic acids is 1. The zero-order valence-electron chi connectivity index (χ0n) is 11.1. The Morgan fingerprint density at radius 2 is 2.10 bits per heavy atom. The molecule has 2 aromatic rings. The highest BCUT2D eigenvalue weighted by Crippen LogP contribution is 2.52. The average molecular weight is 334 g/mol. The van der Waals surface area contributed by atoms with Crippen molar-refractivity contribution >= 4 is 32.8 Å². The van der Waals surface area contributed by atoms with Crippen LogP contribution in [0.2, 0.25) is 0 Å². The highest BCUT2D eigenvalue weighted by molar-refractivity contribution is 9.10. The molecule has 4 rings (SSSR count). The third kappa shape index (κ3) is 1.60. The van der Waals surface area contributed by atoms with Crippen LogP contribution in [0.1, 0.15) is 47.3 Å². The number of aromatic nitrogens is 1. The molecule has 2 N–H and O–H groups in total. The van der Waals surface area contributed by atoms with Crippen LogP contribution in [0.3, 0.4) is 0 Å². The van der Waals surface area contributed by atoms with Crippen molar-refractivity contribution in [3.63, 3.8) is 0 Å². The van der Waals surface area contributed by atoms with Crippen molar-refractivity contribution in [3.05, 3.63) is 33.4 Å². The molecular formula is C16H16BrNO2. The lowest BCUT2D eigenvalue weighted by Crippen LogP contribution is -2.35. The first-order valence-corrected chi connectivity index (χ1v) is 7.94. The maximum Gasteiger partial charge on any atom is 0.337 e. The molecule has 20 heavy (non-hydrogen) atoms. The smallest absolute Gasteiger partial charge is 0.337 e. The Bertz CT molecular complexity index is 728. The number of halogens is 1. The summed E-state index contributed by atoms with van der Waals surface area (Å²) in [5.74, 6) is -0.862. The minimum Gasteiger partial charge on any atom is -0.478 e. The Balaban J connectivity index is 1.95. The molecule has 0 radical (unpaired) electrons. The standard InChI is InChI=1S/C16H16BrNO2/c17-11-3-2-9(15(19)20)14-13(11)10-8-16(5-1-6-16)7-4-12(10)18-14/h2-3,18H,1,4-8H2,(H,19,20). The first-order valence-electron chi connectivity index (χ1n) is 7.15. The quantitative estimate of drug-likeness (QED) is 0.817. The maximum atomic E-state index is 11.4. The topological polar surface area (TPSA) is 53.1 Å². The zero-order chi connectivity index (χ0) is 13.9. The number of aromatic amines is 1. The Kier molecular flexibility index (Phi) is 2.56. The lowest BCUT2D eigenvalue weighted by molar-refractivity contribution is 0.0699. The molecule has 0 amide bonds. The number of carboxylic acid groups (broad SMARTS) is 1. The summed E-state index contributed by atoms with van der Waals surface area (Å²) in [6.45, 7) is 0. The van der Waals surface area contributed by atoms with E-state index in [-0.39, 0.29) is 0 Å². The minimum absolute atomic E-state index is 0.375. The van der Waals surface area contributed by atoms with Crippen molar-refractivity contribution in [1.29, 1.82) is 0 Å². The third-order valence-electron chi connectivity index (χ3n) is 5.20. The molecule has 2 aliphatic rings. The molecule has 1 spiro atoms. The van der Waals surface area contributed by atoms with Gasteiger partial charge >= 0.3 is 5.97 Å². The minimum atomic E-state index is -0.862. The van der Waals surface area contributed by atoms with E-state index in [4.69, 9.17) is 0 Å². The summed E-state index contributed by atoms with van der Waals surface area (Å²) < 4.78 is 1.01. The lowest BCUT2D eigenvalue weighted by Gasteiger charge is -2.45. The summed E-state index contributed by atoms with van der Waals surface area (Å²) >= 11 is 3.60. The maximum absolute atomic E-state index is 11.4. The van der Waals surface area contributed by atoms with Crippen LogP contribution in [0.25, 0.3) is 10.9 Å². The van der Waals surface area contributed by atoms with E-state index in [1.165, 1.54) is 36.9 Å². The Morgan fingerprint density at radius 1 is 1.30 bits per heavy atom. The van der Waals surface area contributed by atoms with E-state index in [0.717, 1.165) is 28.2 Å². The van der Waals surface area contributed by atoms with E-state index < -0.39 is 5.97 Å². The predicted molar refractivity (Wildman–Crippen MR) is 81.3 cm³/mol. The zero-order valence-corrected chi connectivity index (χ0v) is 12.7. The second kappa shape index (κ2) is 4.10. The van der Waals surface area contributed by atoms with E-state index in [2.05, 4.69) is 20.9 Å². The average Bonchev–Trinajstić information content (AvgIpc) is 2.75. The van der Waals surface area contributed by atoms with Gasteiger partial charge in [-0.3, -0.25) is 0 Å². The van der Waals surface area contributed by atoms with Crippen LogP contribution in [0.5, 0.6) is 0 Å². The Morgan fingerprint density at radius 3 is 2.75 bits per heavy atom.